The minimum atomic E-state index is -0.308. The van der Waals surface area contributed by atoms with Gasteiger partial charge in [-0.1, -0.05) is 29.8 Å². The van der Waals surface area contributed by atoms with Gasteiger partial charge in [0.05, 0.1) is 17.0 Å². The number of anilines is 2. The van der Waals surface area contributed by atoms with E-state index in [1.54, 1.807) is 24.3 Å². The highest BCUT2D eigenvalue weighted by atomic mass is 35.5. The van der Waals surface area contributed by atoms with Crippen LogP contribution in [-0.2, 0) is 17.8 Å². The summed E-state index contributed by atoms with van der Waals surface area (Å²) >= 11 is 6.48. The lowest BCUT2D eigenvalue weighted by atomic mass is 10.1. The Bertz CT molecular complexity index is 1530. The molecule has 2 fully saturated rings. The molecule has 0 radical (unpaired) electrons. The molecule has 39 heavy (non-hydrogen) atoms. The third kappa shape index (κ3) is 5.53. The van der Waals surface area contributed by atoms with Crippen LogP contribution in [-0.4, -0.2) is 58.4 Å². The number of nitrogens with zero attached hydrogens (tertiary/aromatic N) is 4. The largest absolute Gasteiger partial charge is 0.487 e. The first-order chi connectivity index (χ1) is 18.9. The van der Waals surface area contributed by atoms with E-state index < -0.39 is 0 Å². The molecule has 2 aliphatic rings. The van der Waals surface area contributed by atoms with Crippen molar-refractivity contribution in [3.05, 3.63) is 89.0 Å². The molecular formula is C30H29ClFN5O2. The molecule has 3 aromatic carbocycles. The monoisotopic (exact) mass is 545 g/mol. The smallest absolute Gasteiger partial charge is 0.227 e. The van der Waals surface area contributed by atoms with Gasteiger partial charge in [0.2, 0.25) is 5.91 Å². The van der Waals surface area contributed by atoms with Crippen molar-refractivity contribution in [1.82, 2.24) is 19.8 Å². The quantitative estimate of drug-likeness (QED) is 0.333. The van der Waals surface area contributed by atoms with Gasteiger partial charge in [0.1, 0.15) is 30.3 Å². The van der Waals surface area contributed by atoms with E-state index in [2.05, 4.69) is 27.2 Å². The van der Waals surface area contributed by atoms with Gasteiger partial charge in [-0.25, -0.2) is 14.4 Å². The van der Waals surface area contributed by atoms with Crippen molar-refractivity contribution in [3.63, 3.8) is 0 Å². The van der Waals surface area contributed by atoms with Gasteiger partial charge >= 0.3 is 0 Å². The van der Waals surface area contributed by atoms with Crippen LogP contribution in [0.5, 0.6) is 5.75 Å². The summed E-state index contributed by atoms with van der Waals surface area (Å²) in [5.74, 6) is 1.56. The average Bonchev–Trinajstić information content (AvgIpc) is 3.51. The first kappa shape index (κ1) is 25.5. The fourth-order valence-electron chi connectivity index (χ4n) is 5.60. The first-order valence-electron chi connectivity index (χ1n) is 13.1. The number of carbonyl (C=O) groups excluding carboxylic acids is 1. The predicted octanol–water partition coefficient (Wildman–Crippen LogP) is 5.45. The molecular weight excluding hydrogens is 517 g/mol. The Kier molecular flexibility index (Phi) is 7.06. The number of hydrogen-bond donors (Lipinski definition) is 1. The summed E-state index contributed by atoms with van der Waals surface area (Å²) in [6.07, 6.45) is 3.01. The van der Waals surface area contributed by atoms with Crippen molar-refractivity contribution in [3.8, 4) is 5.75 Å². The van der Waals surface area contributed by atoms with E-state index in [0.717, 1.165) is 53.8 Å². The van der Waals surface area contributed by atoms with Crippen LogP contribution in [0.1, 0.15) is 17.5 Å². The highest BCUT2D eigenvalue weighted by Gasteiger charge is 2.40. The van der Waals surface area contributed by atoms with Gasteiger partial charge in [-0.3, -0.25) is 4.79 Å². The molecule has 6 rings (SSSR count). The molecule has 0 bridgehead atoms. The Morgan fingerprint density at radius 1 is 1.10 bits per heavy atom. The second-order valence-corrected chi connectivity index (χ2v) is 10.7. The summed E-state index contributed by atoms with van der Waals surface area (Å²) < 4.78 is 19.2. The summed E-state index contributed by atoms with van der Waals surface area (Å²) in [4.78, 5) is 26.3. The van der Waals surface area contributed by atoms with E-state index in [1.807, 2.05) is 29.2 Å². The van der Waals surface area contributed by atoms with Gasteiger partial charge in [0, 0.05) is 30.2 Å². The number of aromatic nitrogens is 2. The number of hydrogen-bond acceptors (Lipinski definition) is 6. The number of halogens is 2. The summed E-state index contributed by atoms with van der Waals surface area (Å²) in [5.41, 5.74) is 3.15. The van der Waals surface area contributed by atoms with Crippen LogP contribution in [0.2, 0.25) is 5.02 Å². The molecule has 3 heterocycles. The molecule has 2 saturated heterocycles. The Hall–Kier alpha value is -3.75. The Morgan fingerprint density at radius 3 is 2.82 bits per heavy atom. The molecule has 2 aliphatic heterocycles. The van der Waals surface area contributed by atoms with Crippen molar-refractivity contribution in [2.24, 2.45) is 5.92 Å². The van der Waals surface area contributed by atoms with Crippen LogP contribution >= 0.6 is 11.6 Å². The summed E-state index contributed by atoms with van der Waals surface area (Å²) in [6, 6.07) is 18.0. The number of benzene rings is 3. The lowest BCUT2D eigenvalue weighted by Crippen LogP contribution is -2.35. The standard InChI is InChI=1S/C30H29ClFN5O2/c1-36-10-9-21-15-37(16-27(21)36)29(38)13-19-5-7-26-24(12-19)30(34-18-33-26)35-23-6-8-28(25(31)14-23)39-17-20-3-2-4-22(32)11-20/h2-8,11-12,14,18,21,27H,9-10,13,15-17H2,1H3,(H,33,34,35)/t21-,27+/m0/s1. The van der Waals surface area contributed by atoms with Crippen molar-refractivity contribution >= 4 is 39.9 Å². The van der Waals surface area contributed by atoms with Crippen molar-refractivity contribution in [2.45, 2.75) is 25.5 Å². The van der Waals surface area contributed by atoms with Crippen LogP contribution in [0, 0.1) is 11.7 Å². The zero-order valence-corrected chi connectivity index (χ0v) is 22.4. The molecule has 1 amide bonds. The van der Waals surface area contributed by atoms with Crippen molar-refractivity contribution in [1.29, 1.82) is 0 Å². The van der Waals surface area contributed by atoms with Crippen LogP contribution in [0.4, 0.5) is 15.9 Å². The maximum absolute atomic E-state index is 13.4. The van der Waals surface area contributed by atoms with E-state index in [4.69, 9.17) is 16.3 Å². The first-order valence-corrected chi connectivity index (χ1v) is 13.5. The molecule has 1 aromatic heterocycles. The zero-order chi connectivity index (χ0) is 26.9. The molecule has 2 atom stereocenters. The van der Waals surface area contributed by atoms with Crippen molar-refractivity contribution in [2.75, 3.05) is 32.0 Å². The number of ether oxygens (including phenoxy) is 1. The van der Waals surface area contributed by atoms with E-state index in [1.165, 1.54) is 18.5 Å². The Morgan fingerprint density at radius 2 is 2.00 bits per heavy atom. The van der Waals surface area contributed by atoms with Gasteiger partial charge < -0.3 is 19.9 Å². The fraction of sp³-hybridized carbons (Fsp3) is 0.300. The third-order valence-electron chi connectivity index (χ3n) is 7.71. The molecule has 0 spiro atoms. The molecule has 1 N–H and O–H groups in total. The van der Waals surface area contributed by atoms with Crippen molar-refractivity contribution < 1.29 is 13.9 Å². The fourth-order valence-corrected chi connectivity index (χ4v) is 5.83. The van der Waals surface area contributed by atoms with Gasteiger partial charge in [-0.2, -0.15) is 0 Å². The molecule has 0 aliphatic carbocycles. The van der Waals surface area contributed by atoms with Gasteiger partial charge in [0.15, 0.2) is 0 Å². The number of nitrogens with one attached hydrogen (secondary N) is 1. The SMILES string of the molecule is CN1CC[C@H]2CN(C(=O)Cc3ccc4ncnc(Nc5ccc(OCc6cccc(F)c6)c(Cl)c5)c4c3)C[C@H]21. The number of likely N-dealkylation sites (tertiary alicyclic amines) is 2. The zero-order valence-electron chi connectivity index (χ0n) is 21.6. The normalized spacial score (nSPS) is 18.9. The number of likely N-dealkylation sites (N-methyl/N-ethyl adjacent to an activating group) is 1. The second-order valence-electron chi connectivity index (χ2n) is 10.3. The van der Waals surface area contributed by atoms with Crippen LogP contribution in [0.25, 0.3) is 10.9 Å². The molecule has 4 aromatic rings. The van der Waals surface area contributed by atoms with Gasteiger partial charge in [-0.15, -0.1) is 0 Å². The molecule has 9 heteroatoms. The van der Waals surface area contributed by atoms with Gasteiger partial charge in [0.25, 0.3) is 0 Å². The maximum Gasteiger partial charge on any atom is 0.227 e. The Balaban J connectivity index is 1.15. The van der Waals surface area contributed by atoms with E-state index in [9.17, 15) is 9.18 Å². The number of rotatable bonds is 7. The molecule has 200 valence electrons. The summed E-state index contributed by atoms with van der Waals surface area (Å²) in [6.45, 7) is 2.98. The number of amides is 1. The maximum atomic E-state index is 13.4. The average molecular weight is 546 g/mol. The molecule has 7 nitrogen and oxygen atoms in total. The minimum Gasteiger partial charge on any atom is -0.487 e. The lowest BCUT2D eigenvalue weighted by Gasteiger charge is -2.21. The third-order valence-corrected chi connectivity index (χ3v) is 8.01. The second kappa shape index (κ2) is 10.8. The van der Waals surface area contributed by atoms with E-state index >= 15 is 0 Å². The predicted molar refractivity (Wildman–Crippen MR) is 150 cm³/mol. The van der Waals surface area contributed by atoms with Gasteiger partial charge in [-0.05, 0) is 79.5 Å². The van der Waals surface area contributed by atoms with E-state index in [-0.39, 0.29) is 18.3 Å². The number of fused-ring (bicyclic) bond motifs is 2. The number of carbonyl (C=O) groups is 1. The topological polar surface area (TPSA) is 70.6 Å². The van der Waals surface area contributed by atoms with Crippen LogP contribution in [0.3, 0.4) is 0 Å². The van der Waals surface area contributed by atoms with Crippen LogP contribution in [0.15, 0.2) is 67.0 Å². The Labute approximate surface area is 231 Å². The summed E-state index contributed by atoms with van der Waals surface area (Å²) in [7, 11) is 2.15. The van der Waals surface area contributed by atoms with Crippen LogP contribution < -0.4 is 10.1 Å². The van der Waals surface area contributed by atoms with E-state index in [0.29, 0.717) is 35.0 Å². The minimum absolute atomic E-state index is 0.157. The summed E-state index contributed by atoms with van der Waals surface area (Å²) in [5, 5.41) is 4.56. The highest BCUT2D eigenvalue weighted by molar-refractivity contribution is 6.32. The highest BCUT2D eigenvalue weighted by Crippen LogP contribution is 2.32. The molecule has 0 unspecified atom stereocenters. The molecule has 0 saturated carbocycles. The lowest BCUT2D eigenvalue weighted by molar-refractivity contribution is -0.129.